The summed E-state index contributed by atoms with van der Waals surface area (Å²) in [5.41, 5.74) is -1.75. The summed E-state index contributed by atoms with van der Waals surface area (Å²) in [5.74, 6) is 0.147. The summed E-state index contributed by atoms with van der Waals surface area (Å²) in [6, 6.07) is -0.0404. The van der Waals surface area contributed by atoms with Gasteiger partial charge in [0.05, 0.1) is 30.9 Å². The van der Waals surface area contributed by atoms with Gasteiger partial charge in [-0.05, 0) is 52.8 Å². The molecule has 3 rings (SSSR count). The van der Waals surface area contributed by atoms with Gasteiger partial charge in [0, 0.05) is 26.0 Å². The molecule has 0 aromatic carbocycles. The molecule has 18 heteroatoms. The van der Waals surface area contributed by atoms with E-state index in [1.807, 2.05) is 5.32 Å². The highest BCUT2D eigenvalue weighted by Gasteiger charge is 2.49. The Hall–Kier alpha value is -2.12. The van der Waals surface area contributed by atoms with Gasteiger partial charge in [0.15, 0.2) is 11.2 Å². The molecule has 0 radical (unpaired) electrons. The van der Waals surface area contributed by atoms with Crippen molar-refractivity contribution in [2.45, 2.75) is 108 Å². The van der Waals surface area contributed by atoms with Crippen LogP contribution in [0.5, 0.6) is 0 Å². The van der Waals surface area contributed by atoms with Gasteiger partial charge < -0.3 is 28.8 Å². The van der Waals surface area contributed by atoms with Gasteiger partial charge in [-0.2, -0.15) is 26.3 Å². The van der Waals surface area contributed by atoms with E-state index in [1.54, 1.807) is 31.4 Å². The normalized spacial score (nSPS) is 18.5. The van der Waals surface area contributed by atoms with E-state index in [1.165, 1.54) is 6.07 Å². The van der Waals surface area contributed by atoms with Crippen molar-refractivity contribution in [2.75, 3.05) is 19.8 Å². The second kappa shape index (κ2) is 13.5. The lowest BCUT2D eigenvalue weighted by Crippen LogP contribution is -2.47. The number of aromatic nitrogens is 3. The van der Waals surface area contributed by atoms with Crippen molar-refractivity contribution < 1.29 is 45.2 Å². The number of rotatable bonds is 13. The summed E-state index contributed by atoms with van der Waals surface area (Å²) in [4.78, 5) is 22.2. The molecule has 0 bridgehead atoms. The Morgan fingerprint density at radius 2 is 1.76 bits per heavy atom. The summed E-state index contributed by atoms with van der Waals surface area (Å²) >= 11 is -1.75. The minimum absolute atomic E-state index is 0.0534. The molecule has 0 spiro atoms. The van der Waals surface area contributed by atoms with Gasteiger partial charge in [-0.3, -0.25) is 0 Å². The number of nitrogens with one attached hydrogen (secondary N) is 2. The number of alkyl halides is 6. The molecule has 45 heavy (non-hydrogen) atoms. The van der Waals surface area contributed by atoms with Crippen LogP contribution in [0.1, 0.15) is 52.2 Å². The lowest BCUT2D eigenvalue weighted by atomic mass is 10.1. The molecule has 2 N–H and O–H groups in total. The van der Waals surface area contributed by atoms with E-state index >= 15 is 0 Å². The van der Waals surface area contributed by atoms with Crippen LogP contribution in [-0.4, -0.2) is 86.6 Å². The molecular weight excluding hydrogens is 646 g/mol. The predicted molar refractivity (Wildman–Crippen MR) is 160 cm³/mol. The number of hydrogen-bond donors (Lipinski definition) is 2. The van der Waals surface area contributed by atoms with Crippen molar-refractivity contribution in [1.82, 2.24) is 29.5 Å². The van der Waals surface area contributed by atoms with Crippen LogP contribution in [0.3, 0.4) is 0 Å². The van der Waals surface area contributed by atoms with Gasteiger partial charge in [0.25, 0.3) is 0 Å². The average Bonchev–Trinajstić information content (AvgIpc) is 3.42. The molecule has 1 unspecified atom stereocenters. The van der Waals surface area contributed by atoms with E-state index in [0.29, 0.717) is 12.1 Å². The maximum atomic E-state index is 13.7. The van der Waals surface area contributed by atoms with Crippen LogP contribution in [0.4, 0.5) is 31.1 Å². The highest BCUT2D eigenvalue weighted by molar-refractivity contribution is 7.90. The average molecular weight is 689 g/mol. The van der Waals surface area contributed by atoms with Crippen molar-refractivity contribution in [2.24, 2.45) is 0 Å². The maximum Gasteiger partial charge on any atom is 0.416 e. The van der Waals surface area contributed by atoms with Crippen molar-refractivity contribution >= 4 is 36.6 Å². The Morgan fingerprint density at radius 1 is 1.11 bits per heavy atom. The maximum absolute atomic E-state index is 13.7. The molecule has 0 aliphatic carbocycles. The highest BCUT2D eigenvalue weighted by atomic mass is 32.2. The van der Waals surface area contributed by atoms with Gasteiger partial charge in [-0.25, -0.2) is 14.8 Å². The number of nitrogens with zero attached hydrogens (tertiary/aromatic N) is 4. The van der Waals surface area contributed by atoms with Crippen LogP contribution in [0.25, 0.3) is 11.2 Å². The van der Waals surface area contributed by atoms with Crippen molar-refractivity contribution in [3.8, 4) is 0 Å². The van der Waals surface area contributed by atoms with Gasteiger partial charge in [-0.1, -0.05) is 19.6 Å². The molecule has 3 heterocycles. The van der Waals surface area contributed by atoms with Crippen molar-refractivity contribution in [3.63, 3.8) is 0 Å². The topological polar surface area (TPSA) is 117 Å². The summed E-state index contributed by atoms with van der Waals surface area (Å²) in [6.45, 7) is 12.4. The number of carbonyl (C=O) groups excluding carboxylic acids is 1. The zero-order chi connectivity index (χ0) is 34.2. The number of urea groups is 1. The third-order valence-electron chi connectivity index (χ3n) is 7.06. The lowest BCUT2D eigenvalue weighted by molar-refractivity contribution is -0.265. The molecule has 2 amide bonds. The zero-order valence-corrected chi connectivity index (χ0v) is 28.5. The monoisotopic (exact) mass is 688 g/mol. The van der Waals surface area contributed by atoms with E-state index in [9.17, 15) is 35.7 Å². The third kappa shape index (κ3) is 9.93. The van der Waals surface area contributed by atoms with Gasteiger partial charge in [0.2, 0.25) is 0 Å². The molecular formula is C27H42F6N6O4SSi. The molecule has 256 valence electrons. The number of ether oxygens (including phenoxy) is 2. The van der Waals surface area contributed by atoms with Crippen LogP contribution in [0, 0.1) is 0 Å². The Bertz CT molecular complexity index is 1330. The number of halogens is 6. The van der Waals surface area contributed by atoms with Crippen LogP contribution in [0.15, 0.2) is 12.1 Å². The molecule has 1 aliphatic rings. The quantitative estimate of drug-likeness (QED) is 0.121. The summed E-state index contributed by atoms with van der Waals surface area (Å²) in [5, 5.41) is 1.91. The smallest absolute Gasteiger partial charge is 0.416 e. The second-order valence-electron chi connectivity index (χ2n) is 13.7. The SMILES string of the molecule is CC(C)(C)[S@@+]([O-])N[C@@H](COC(C)(C)C(F)(F)F)c1nc2nc(CN3CC(C(F)(F)F)NC3=O)ccc2n1COCC[Si](C)(C)C. The lowest BCUT2D eigenvalue weighted by Gasteiger charge is -2.32. The van der Waals surface area contributed by atoms with Gasteiger partial charge in [-0.15, -0.1) is 4.72 Å². The fourth-order valence-corrected chi connectivity index (χ4v) is 5.58. The van der Waals surface area contributed by atoms with Crippen molar-refractivity contribution in [3.05, 3.63) is 23.7 Å². The molecule has 10 nitrogen and oxygen atoms in total. The first-order valence-corrected chi connectivity index (χ1v) is 19.2. The Morgan fingerprint density at radius 3 is 2.29 bits per heavy atom. The highest BCUT2D eigenvalue weighted by Crippen LogP contribution is 2.34. The molecule has 1 saturated heterocycles. The Labute approximate surface area is 262 Å². The van der Waals surface area contributed by atoms with Crippen LogP contribution < -0.4 is 10.0 Å². The second-order valence-corrected chi connectivity index (χ2v) is 21.3. The number of pyridine rings is 1. The minimum atomic E-state index is -4.69. The number of hydrogen-bond acceptors (Lipinski definition) is 7. The number of amides is 2. The standard InChI is InChI=1S/C27H42F6N6O4SSi/c1-24(2,3)44(41)37-18(15-43-25(4,5)27(31,32)33)22-36-21-19(39(22)16-42-11-12-45(6,7)8)10-9-17(34-21)13-38-14-20(26(28,29)30)35-23(38)40/h9-10,18,20,37H,11-16H2,1-8H3,(H,35,40)/t18-,20?,44+/m0/s1. The zero-order valence-electron chi connectivity index (χ0n) is 26.6. The van der Waals surface area contributed by atoms with E-state index < -0.39 is 73.4 Å². The van der Waals surface area contributed by atoms with Crippen molar-refractivity contribution in [1.29, 1.82) is 0 Å². The molecule has 1 aliphatic heterocycles. The molecule has 0 saturated carbocycles. The molecule has 3 atom stereocenters. The first-order chi connectivity index (χ1) is 20.4. The molecule has 2 aromatic rings. The fraction of sp³-hybridized carbons (Fsp3) is 0.741. The molecule has 1 fully saturated rings. The summed E-state index contributed by atoms with van der Waals surface area (Å²) in [7, 11) is -1.46. The van der Waals surface area contributed by atoms with Crippen LogP contribution in [0.2, 0.25) is 25.7 Å². The van der Waals surface area contributed by atoms with E-state index in [4.69, 9.17) is 9.47 Å². The van der Waals surface area contributed by atoms with Crippen LogP contribution in [-0.2, 0) is 34.1 Å². The minimum Gasteiger partial charge on any atom is -0.598 e. The van der Waals surface area contributed by atoms with Gasteiger partial charge in [0.1, 0.15) is 29.4 Å². The number of carbonyl (C=O) groups is 1. The summed E-state index contributed by atoms with van der Waals surface area (Å²) < 4.78 is 109. The fourth-order valence-electron chi connectivity index (χ4n) is 4.04. The first kappa shape index (κ1) is 37.3. The molecule has 2 aromatic heterocycles. The predicted octanol–water partition coefficient (Wildman–Crippen LogP) is 5.65. The Balaban J connectivity index is 2.01. The number of imidazole rings is 1. The van der Waals surface area contributed by atoms with E-state index in [0.717, 1.165) is 24.8 Å². The van der Waals surface area contributed by atoms with Crippen LogP contribution >= 0.6 is 0 Å². The van der Waals surface area contributed by atoms with E-state index in [2.05, 4.69) is 34.3 Å². The first-order valence-electron chi connectivity index (χ1n) is 14.3. The Kier molecular flexibility index (Phi) is 11.2. The van der Waals surface area contributed by atoms with Gasteiger partial charge >= 0.3 is 18.4 Å². The van der Waals surface area contributed by atoms with E-state index in [-0.39, 0.29) is 30.4 Å². The largest absolute Gasteiger partial charge is 0.598 e. The summed E-state index contributed by atoms with van der Waals surface area (Å²) in [6.07, 6.45) is -9.30. The third-order valence-corrected chi connectivity index (χ3v) is 10.4. The number of fused-ring (bicyclic) bond motifs is 1.